The summed E-state index contributed by atoms with van der Waals surface area (Å²) in [5, 5.41) is 11.6. The average molecular weight is 375 g/mol. The number of aromatic carboxylic acids is 1. The van der Waals surface area contributed by atoms with Crippen molar-refractivity contribution in [2.24, 2.45) is 0 Å². The fourth-order valence-corrected chi connectivity index (χ4v) is 1.99. The lowest BCUT2D eigenvalue weighted by atomic mass is 10.2. The fourth-order valence-electron chi connectivity index (χ4n) is 1.99. The number of benzene rings is 1. The summed E-state index contributed by atoms with van der Waals surface area (Å²) >= 11 is 0. The minimum absolute atomic E-state index is 0.0414. The van der Waals surface area contributed by atoms with Crippen LogP contribution in [-0.4, -0.2) is 37.2 Å². The number of carbonyl (C=O) groups excluding carboxylic acids is 2. The highest BCUT2D eigenvalue weighted by atomic mass is 16.5. The second kappa shape index (κ2) is 9.09. The molecular weight excluding hydrogens is 358 g/mol. The third kappa shape index (κ3) is 5.36. The van der Waals surface area contributed by atoms with Gasteiger partial charge in [-0.15, -0.1) is 0 Å². The molecule has 9 heteroatoms. The zero-order valence-corrected chi connectivity index (χ0v) is 14.6. The number of anilines is 1. The van der Waals surface area contributed by atoms with Gasteiger partial charge < -0.3 is 29.1 Å². The van der Waals surface area contributed by atoms with E-state index in [1.165, 1.54) is 26.4 Å². The molecule has 9 nitrogen and oxygen atoms in total. The van der Waals surface area contributed by atoms with Crippen molar-refractivity contribution in [3.8, 4) is 5.75 Å². The van der Waals surface area contributed by atoms with E-state index in [1.807, 2.05) is 0 Å². The van der Waals surface area contributed by atoms with Crippen molar-refractivity contribution in [3.63, 3.8) is 0 Å². The van der Waals surface area contributed by atoms with E-state index >= 15 is 0 Å². The van der Waals surface area contributed by atoms with Crippen molar-refractivity contribution >= 4 is 23.6 Å². The monoisotopic (exact) mass is 375 g/mol. The van der Waals surface area contributed by atoms with Crippen LogP contribution in [0.25, 0.3) is 0 Å². The van der Waals surface area contributed by atoms with Crippen LogP contribution >= 0.6 is 0 Å². The van der Waals surface area contributed by atoms with Crippen molar-refractivity contribution in [1.82, 2.24) is 0 Å². The van der Waals surface area contributed by atoms with Gasteiger partial charge in [-0.2, -0.15) is 0 Å². The Kier molecular flexibility index (Phi) is 6.59. The number of methoxy groups -OCH3 is 2. The van der Waals surface area contributed by atoms with E-state index in [0.717, 1.165) is 6.08 Å². The standard InChI is InChI=1S/C18H17NO8/c1-24-16(20)9-13(18(23)25-2)19-12-5-3-4-6-14(12)26-10-11-7-8-15(27-11)17(21)22/h3-9,19H,10H2,1-2H3,(H,21,22)/b13-9+. The number of hydrogen-bond acceptors (Lipinski definition) is 8. The Labute approximate surface area is 154 Å². The lowest BCUT2D eigenvalue weighted by Gasteiger charge is -2.13. The van der Waals surface area contributed by atoms with Gasteiger partial charge in [-0.1, -0.05) is 12.1 Å². The maximum Gasteiger partial charge on any atom is 0.371 e. The number of carboxylic acid groups (broad SMARTS) is 1. The molecule has 0 bridgehead atoms. The summed E-state index contributed by atoms with van der Waals surface area (Å²) in [5.41, 5.74) is 0.231. The maximum atomic E-state index is 11.9. The molecule has 0 fully saturated rings. The van der Waals surface area contributed by atoms with Gasteiger partial charge in [0.25, 0.3) is 0 Å². The Hall–Kier alpha value is -3.75. The third-order valence-corrected chi connectivity index (χ3v) is 3.27. The summed E-state index contributed by atoms with van der Waals surface area (Å²) in [6, 6.07) is 9.44. The number of ether oxygens (including phenoxy) is 3. The number of carboxylic acids is 1. The molecule has 0 aliphatic rings. The number of hydrogen-bond donors (Lipinski definition) is 2. The van der Waals surface area contributed by atoms with Crippen molar-refractivity contribution in [2.75, 3.05) is 19.5 Å². The summed E-state index contributed by atoms with van der Waals surface area (Å²) < 4.78 is 19.9. The molecular formula is C18H17NO8. The molecule has 2 rings (SSSR count). The molecule has 2 N–H and O–H groups in total. The minimum Gasteiger partial charge on any atom is -0.483 e. The van der Waals surface area contributed by atoms with E-state index in [2.05, 4.69) is 14.8 Å². The smallest absolute Gasteiger partial charge is 0.371 e. The first-order valence-electron chi connectivity index (χ1n) is 7.63. The number of para-hydroxylation sites is 2. The van der Waals surface area contributed by atoms with Crippen LogP contribution in [0.4, 0.5) is 5.69 Å². The second-order valence-corrected chi connectivity index (χ2v) is 5.05. The van der Waals surface area contributed by atoms with Gasteiger partial charge in [0.05, 0.1) is 26.0 Å². The third-order valence-electron chi connectivity index (χ3n) is 3.27. The molecule has 0 atom stereocenters. The van der Waals surface area contributed by atoms with E-state index in [-0.39, 0.29) is 18.1 Å². The molecule has 0 saturated heterocycles. The molecule has 0 radical (unpaired) electrons. The van der Waals surface area contributed by atoms with Crippen LogP contribution in [0.5, 0.6) is 5.75 Å². The summed E-state index contributed by atoms with van der Waals surface area (Å²) in [6.07, 6.45) is 0.953. The second-order valence-electron chi connectivity index (χ2n) is 5.05. The molecule has 1 heterocycles. The Morgan fingerprint density at radius 3 is 2.48 bits per heavy atom. The summed E-state index contributed by atoms with van der Waals surface area (Å²) in [4.78, 5) is 34.1. The molecule has 1 aromatic heterocycles. The number of carbonyl (C=O) groups is 3. The van der Waals surface area contributed by atoms with Gasteiger partial charge in [0.1, 0.15) is 23.8 Å². The first-order valence-corrected chi connectivity index (χ1v) is 7.63. The molecule has 27 heavy (non-hydrogen) atoms. The molecule has 0 amide bonds. The Morgan fingerprint density at radius 2 is 1.85 bits per heavy atom. The number of furan rings is 1. The molecule has 0 saturated carbocycles. The highest BCUT2D eigenvalue weighted by Crippen LogP contribution is 2.26. The number of rotatable bonds is 8. The Balaban J connectivity index is 2.18. The molecule has 0 aliphatic heterocycles. The molecule has 0 spiro atoms. The topological polar surface area (TPSA) is 124 Å². The summed E-state index contributed by atoms with van der Waals surface area (Å²) in [6.45, 7) is -0.0414. The summed E-state index contributed by atoms with van der Waals surface area (Å²) in [7, 11) is 2.36. The highest BCUT2D eigenvalue weighted by molar-refractivity contribution is 5.99. The van der Waals surface area contributed by atoms with Gasteiger partial charge in [-0.25, -0.2) is 14.4 Å². The van der Waals surface area contributed by atoms with Crippen LogP contribution in [0.1, 0.15) is 16.3 Å². The van der Waals surface area contributed by atoms with Gasteiger partial charge in [0.15, 0.2) is 0 Å². The lowest BCUT2D eigenvalue weighted by molar-refractivity contribution is -0.138. The van der Waals surface area contributed by atoms with E-state index in [0.29, 0.717) is 17.2 Å². The first-order chi connectivity index (χ1) is 12.9. The Bertz CT molecular complexity index is 868. The zero-order valence-electron chi connectivity index (χ0n) is 14.6. The molecule has 142 valence electrons. The van der Waals surface area contributed by atoms with Crippen LogP contribution in [0.2, 0.25) is 0 Å². The summed E-state index contributed by atoms with van der Waals surface area (Å²) in [5.74, 6) is -2.25. The average Bonchev–Trinajstić information content (AvgIpc) is 3.15. The van der Waals surface area contributed by atoms with Crippen molar-refractivity contribution in [1.29, 1.82) is 0 Å². The molecule has 0 aliphatic carbocycles. The first kappa shape index (κ1) is 19.6. The number of esters is 2. The van der Waals surface area contributed by atoms with Crippen LogP contribution in [0, 0.1) is 0 Å². The highest BCUT2D eigenvalue weighted by Gasteiger charge is 2.15. The van der Waals surface area contributed by atoms with E-state index in [1.54, 1.807) is 24.3 Å². The minimum atomic E-state index is -1.18. The van der Waals surface area contributed by atoms with Crippen molar-refractivity contribution < 1.29 is 38.1 Å². The van der Waals surface area contributed by atoms with Crippen molar-refractivity contribution in [2.45, 2.75) is 6.61 Å². The lowest BCUT2D eigenvalue weighted by Crippen LogP contribution is -2.16. The van der Waals surface area contributed by atoms with Gasteiger partial charge in [-0.05, 0) is 24.3 Å². The predicted octanol–water partition coefficient (Wildman–Crippen LogP) is 2.20. The number of nitrogens with one attached hydrogen (secondary N) is 1. The zero-order chi connectivity index (χ0) is 19.8. The Morgan fingerprint density at radius 1 is 1.11 bits per heavy atom. The van der Waals surface area contributed by atoms with Crippen LogP contribution in [0.3, 0.4) is 0 Å². The SMILES string of the molecule is COC(=O)/C=C(/Nc1ccccc1OCc1ccc(C(=O)O)o1)C(=O)OC. The van der Waals surface area contributed by atoms with Gasteiger partial charge >= 0.3 is 17.9 Å². The van der Waals surface area contributed by atoms with Gasteiger partial charge in [0, 0.05) is 0 Å². The van der Waals surface area contributed by atoms with Crippen LogP contribution < -0.4 is 10.1 Å². The van der Waals surface area contributed by atoms with E-state index in [4.69, 9.17) is 14.3 Å². The fraction of sp³-hybridized carbons (Fsp3) is 0.167. The predicted molar refractivity (Wildman–Crippen MR) is 92.2 cm³/mol. The normalized spacial score (nSPS) is 10.8. The van der Waals surface area contributed by atoms with Gasteiger partial charge in [-0.3, -0.25) is 0 Å². The van der Waals surface area contributed by atoms with Crippen LogP contribution in [-0.2, 0) is 25.7 Å². The van der Waals surface area contributed by atoms with Crippen molar-refractivity contribution in [3.05, 3.63) is 59.7 Å². The van der Waals surface area contributed by atoms with Gasteiger partial charge in [0.2, 0.25) is 5.76 Å². The largest absolute Gasteiger partial charge is 0.483 e. The van der Waals surface area contributed by atoms with E-state index in [9.17, 15) is 14.4 Å². The molecule has 0 unspecified atom stereocenters. The quantitative estimate of drug-likeness (QED) is 0.527. The molecule has 1 aromatic carbocycles. The van der Waals surface area contributed by atoms with Crippen LogP contribution in [0.15, 0.2) is 52.6 Å². The molecule has 2 aromatic rings. The van der Waals surface area contributed by atoms with E-state index < -0.39 is 17.9 Å². The maximum absolute atomic E-state index is 11.9.